The Morgan fingerprint density at radius 1 is 1.53 bits per heavy atom. The Balaban J connectivity index is 2.81. The number of aromatic nitrogens is 1. The van der Waals surface area contributed by atoms with Crippen LogP contribution in [0.2, 0.25) is 5.02 Å². The highest BCUT2D eigenvalue weighted by molar-refractivity contribution is 6.31. The molecule has 0 saturated heterocycles. The molecule has 0 amide bonds. The fourth-order valence-corrected chi connectivity index (χ4v) is 0.909. The summed E-state index contributed by atoms with van der Waals surface area (Å²) >= 11 is 5.52. The quantitative estimate of drug-likeness (QED) is 0.793. The van der Waals surface area contributed by atoms with Crippen LogP contribution in [0.15, 0.2) is 12.3 Å². The Kier molecular flexibility index (Phi) is 3.37. The monoisotopic (exact) mass is 236 g/mol. The minimum atomic E-state index is -4.45. The summed E-state index contributed by atoms with van der Waals surface area (Å²) in [6.07, 6.45) is -3.38. The molecule has 0 bridgehead atoms. The van der Waals surface area contributed by atoms with Crippen molar-refractivity contribution >= 4 is 11.6 Å². The lowest BCUT2D eigenvalue weighted by atomic mass is 10.3. The SMILES string of the molecule is N#Cc1cc(OCC(F)(F)F)c(Cl)cn1. The van der Waals surface area contributed by atoms with E-state index in [-0.39, 0.29) is 16.5 Å². The summed E-state index contributed by atoms with van der Waals surface area (Å²) in [6, 6.07) is 2.71. The maximum atomic E-state index is 11.8. The molecule has 0 unspecified atom stereocenters. The molecule has 0 aliphatic rings. The van der Waals surface area contributed by atoms with Crippen LogP contribution in [0.3, 0.4) is 0 Å². The lowest BCUT2D eigenvalue weighted by Crippen LogP contribution is -2.19. The second-order valence-corrected chi connectivity index (χ2v) is 2.92. The van der Waals surface area contributed by atoms with E-state index in [9.17, 15) is 13.2 Å². The van der Waals surface area contributed by atoms with E-state index in [2.05, 4.69) is 9.72 Å². The molecule has 0 spiro atoms. The van der Waals surface area contributed by atoms with Crippen molar-refractivity contribution in [3.05, 3.63) is 23.0 Å². The molecule has 0 fully saturated rings. The molecule has 0 radical (unpaired) electrons. The van der Waals surface area contributed by atoms with Gasteiger partial charge < -0.3 is 4.74 Å². The van der Waals surface area contributed by atoms with Crippen molar-refractivity contribution in [2.75, 3.05) is 6.61 Å². The van der Waals surface area contributed by atoms with Crippen molar-refractivity contribution in [2.24, 2.45) is 0 Å². The van der Waals surface area contributed by atoms with Gasteiger partial charge in [0, 0.05) is 6.07 Å². The maximum absolute atomic E-state index is 11.8. The summed E-state index contributed by atoms with van der Waals surface area (Å²) in [7, 11) is 0. The molecular weight excluding hydrogens is 233 g/mol. The molecule has 0 saturated carbocycles. The highest BCUT2D eigenvalue weighted by Gasteiger charge is 2.28. The molecule has 1 aromatic rings. The van der Waals surface area contributed by atoms with Crippen molar-refractivity contribution in [3.8, 4) is 11.8 Å². The molecule has 0 atom stereocenters. The zero-order chi connectivity index (χ0) is 11.5. The summed E-state index contributed by atoms with van der Waals surface area (Å²) in [6.45, 7) is -1.46. The summed E-state index contributed by atoms with van der Waals surface area (Å²) in [5.74, 6) is -0.208. The molecule has 1 rings (SSSR count). The predicted octanol–water partition coefficient (Wildman–Crippen LogP) is 2.55. The highest BCUT2D eigenvalue weighted by Crippen LogP contribution is 2.26. The van der Waals surface area contributed by atoms with Gasteiger partial charge in [0.1, 0.15) is 22.5 Å². The normalized spacial score (nSPS) is 10.9. The topological polar surface area (TPSA) is 45.9 Å². The van der Waals surface area contributed by atoms with Gasteiger partial charge in [0.2, 0.25) is 0 Å². The summed E-state index contributed by atoms with van der Waals surface area (Å²) in [5.41, 5.74) is -0.0587. The van der Waals surface area contributed by atoms with Crippen LogP contribution >= 0.6 is 11.6 Å². The summed E-state index contributed by atoms with van der Waals surface area (Å²) in [4.78, 5) is 3.55. The number of hydrogen-bond donors (Lipinski definition) is 0. The molecule has 0 aliphatic heterocycles. The molecule has 7 heteroatoms. The number of pyridine rings is 1. The molecule has 0 aromatic carbocycles. The molecule has 0 aliphatic carbocycles. The fourth-order valence-electron chi connectivity index (χ4n) is 0.752. The Morgan fingerprint density at radius 3 is 2.73 bits per heavy atom. The van der Waals surface area contributed by atoms with Gasteiger partial charge in [-0.1, -0.05) is 11.6 Å². The lowest BCUT2D eigenvalue weighted by Gasteiger charge is -2.09. The number of nitriles is 1. The standard InChI is InChI=1S/C8H4ClF3N2O/c9-6-3-14-5(2-13)1-7(6)15-4-8(10,11)12/h1,3H,4H2. The predicted molar refractivity (Wildman–Crippen MR) is 45.5 cm³/mol. The van der Waals surface area contributed by atoms with Crippen LogP contribution in [0.5, 0.6) is 5.75 Å². The second kappa shape index (κ2) is 4.36. The van der Waals surface area contributed by atoms with E-state index < -0.39 is 12.8 Å². The van der Waals surface area contributed by atoms with Gasteiger partial charge >= 0.3 is 6.18 Å². The molecule has 1 aromatic heterocycles. The van der Waals surface area contributed by atoms with Gasteiger partial charge in [0.25, 0.3) is 0 Å². The first-order chi connectivity index (χ1) is 6.92. The van der Waals surface area contributed by atoms with Crippen LogP contribution in [0.4, 0.5) is 13.2 Å². The molecule has 0 N–H and O–H groups in total. The number of nitrogens with zero attached hydrogens (tertiary/aromatic N) is 2. The van der Waals surface area contributed by atoms with Crippen molar-refractivity contribution in [1.82, 2.24) is 4.98 Å². The van der Waals surface area contributed by atoms with Crippen molar-refractivity contribution in [2.45, 2.75) is 6.18 Å². The number of hydrogen-bond acceptors (Lipinski definition) is 3. The number of ether oxygens (including phenoxy) is 1. The first-order valence-electron chi connectivity index (χ1n) is 3.67. The zero-order valence-electron chi connectivity index (χ0n) is 7.18. The smallest absolute Gasteiger partial charge is 0.422 e. The van der Waals surface area contributed by atoms with E-state index in [0.29, 0.717) is 0 Å². The van der Waals surface area contributed by atoms with E-state index in [1.807, 2.05) is 0 Å². The fraction of sp³-hybridized carbons (Fsp3) is 0.250. The van der Waals surface area contributed by atoms with Crippen LogP contribution in [-0.4, -0.2) is 17.8 Å². The van der Waals surface area contributed by atoms with Crippen molar-refractivity contribution < 1.29 is 17.9 Å². The minimum absolute atomic E-state index is 0.0587. The van der Waals surface area contributed by atoms with Gasteiger partial charge in [-0.2, -0.15) is 18.4 Å². The largest absolute Gasteiger partial charge is 0.482 e. The third-order valence-electron chi connectivity index (χ3n) is 1.33. The van der Waals surface area contributed by atoms with Crippen LogP contribution in [-0.2, 0) is 0 Å². The Morgan fingerprint density at radius 2 is 2.20 bits per heavy atom. The van der Waals surface area contributed by atoms with Gasteiger partial charge in [0.05, 0.1) is 6.20 Å². The number of halogens is 4. The van der Waals surface area contributed by atoms with Gasteiger partial charge in [-0.15, -0.1) is 0 Å². The molecule has 1 heterocycles. The minimum Gasteiger partial charge on any atom is -0.482 e. The highest BCUT2D eigenvalue weighted by atomic mass is 35.5. The van der Waals surface area contributed by atoms with E-state index >= 15 is 0 Å². The van der Waals surface area contributed by atoms with Crippen molar-refractivity contribution in [3.63, 3.8) is 0 Å². The first-order valence-corrected chi connectivity index (χ1v) is 4.05. The van der Waals surface area contributed by atoms with E-state index in [1.165, 1.54) is 0 Å². The molecule has 80 valence electrons. The molecule has 15 heavy (non-hydrogen) atoms. The third-order valence-corrected chi connectivity index (χ3v) is 1.61. The summed E-state index contributed by atoms with van der Waals surface area (Å²) in [5, 5.41) is 8.38. The van der Waals surface area contributed by atoms with Gasteiger partial charge in [-0.3, -0.25) is 0 Å². The Labute approximate surface area is 88.1 Å². The number of alkyl halides is 3. The Bertz CT molecular complexity index is 400. The van der Waals surface area contributed by atoms with E-state index in [1.54, 1.807) is 6.07 Å². The van der Waals surface area contributed by atoms with Gasteiger partial charge in [-0.05, 0) is 0 Å². The van der Waals surface area contributed by atoms with Crippen LogP contribution < -0.4 is 4.74 Å². The average molecular weight is 237 g/mol. The molecule has 3 nitrogen and oxygen atoms in total. The Hall–Kier alpha value is -1.48. The zero-order valence-corrected chi connectivity index (χ0v) is 7.93. The lowest BCUT2D eigenvalue weighted by molar-refractivity contribution is -0.153. The summed E-state index contributed by atoms with van der Waals surface area (Å²) < 4.78 is 39.8. The van der Waals surface area contributed by atoms with Crippen LogP contribution in [0, 0.1) is 11.3 Å². The van der Waals surface area contributed by atoms with E-state index in [4.69, 9.17) is 16.9 Å². The molecular formula is C8H4ClF3N2O. The number of rotatable bonds is 2. The van der Waals surface area contributed by atoms with Gasteiger partial charge in [0.15, 0.2) is 6.61 Å². The van der Waals surface area contributed by atoms with Crippen LogP contribution in [0.25, 0.3) is 0 Å². The first kappa shape index (κ1) is 11.6. The maximum Gasteiger partial charge on any atom is 0.422 e. The van der Waals surface area contributed by atoms with Crippen molar-refractivity contribution in [1.29, 1.82) is 5.26 Å². The van der Waals surface area contributed by atoms with E-state index in [0.717, 1.165) is 12.3 Å². The third kappa shape index (κ3) is 3.64. The van der Waals surface area contributed by atoms with Gasteiger partial charge in [-0.25, -0.2) is 4.98 Å². The second-order valence-electron chi connectivity index (χ2n) is 2.52. The average Bonchev–Trinajstić information content (AvgIpc) is 2.15. The van der Waals surface area contributed by atoms with Crippen LogP contribution in [0.1, 0.15) is 5.69 Å².